The van der Waals surface area contributed by atoms with Gasteiger partial charge in [-0.25, -0.2) is 0 Å². The number of hydrogen-bond donors (Lipinski definition) is 1. The molecule has 0 spiro atoms. The average Bonchev–Trinajstić information content (AvgIpc) is 2.26. The molecule has 1 rings (SSSR count). The summed E-state index contributed by atoms with van der Waals surface area (Å²) in [6.45, 7) is 2.92. The van der Waals surface area contributed by atoms with E-state index >= 15 is 0 Å². The van der Waals surface area contributed by atoms with E-state index < -0.39 is 0 Å². The molecule has 0 radical (unpaired) electrons. The Morgan fingerprint density at radius 2 is 2.14 bits per heavy atom. The monoisotopic (exact) mass is 210 g/mol. The van der Waals surface area contributed by atoms with Crippen LogP contribution in [0.25, 0.3) is 0 Å². The molecule has 2 nitrogen and oxygen atoms in total. The molecule has 1 heterocycles. The summed E-state index contributed by atoms with van der Waals surface area (Å²) in [5.41, 5.74) is 7.04. The smallest absolute Gasteiger partial charge is 0.0420 e. The Morgan fingerprint density at radius 3 is 2.71 bits per heavy atom. The van der Waals surface area contributed by atoms with Gasteiger partial charge in [0.05, 0.1) is 0 Å². The summed E-state index contributed by atoms with van der Waals surface area (Å²) in [6.07, 6.45) is 6.18. The molecule has 1 aromatic heterocycles. The maximum absolute atomic E-state index is 5.75. The van der Waals surface area contributed by atoms with Gasteiger partial charge in [0.2, 0.25) is 0 Å². The summed E-state index contributed by atoms with van der Waals surface area (Å²) < 4.78 is 0. The lowest BCUT2D eigenvalue weighted by Crippen LogP contribution is -2.09. The van der Waals surface area contributed by atoms with E-state index in [4.69, 9.17) is 5.73 Å². The molecule has 0 aliphatic carbocycles. The number of hydrogen-bond acceptors (Lipinski definition) is 3. The summed E-state index contributed by atoms with van der Waals surface area (Å²) in [4.78, 5) is 4.01. The maximum Gasteiger partial charge on any atom is 0.0420 e. The highest BCUT2D eigenvalue weighted by Gasteiger charge is 2.08. The van der Waals surface area contributed by atoms with Gasteiger partial charge in [0.15, 0.2) is 0 Å². The third-order valence-electron chi connectivity index (χ3n) is 2.11. The van der Waals surface area contributed by atoms with Crippen LogP contribution in [0.15, 0.2) is 24.5 Å². The standard InChI is InChI=1S/C11H18N2S/c1-2-3-8-14-11(9-12)10-4-6-13-7-5-10/h4-7,11H,2-3,8-9,12H2,1H3. The van der Waals surface area contributed by atoms with Crippen LogP contribution in [0.3, 0.4) is 0 Å². The van der Waals surface area contributed by atoms with Gasteiger partial charge in [-0.15, -0.1) is 0 Å². The molecule has 0 amide bonds. The van der Waals surface area contributed by atoms with Crippen molar-refractivity contribution in [3.8, 4) is 0 Å². The molecule has 3 heteroatoms. The largest absolute Gasteiger partial charge is 0.329 e. The molecule has 14 heavy (non-hydrogen) atoms. The van der Waals surface area contributed by atoms with Crippen molar-refractivity contribution in [2.24, 2.45) is 5.73 Å². The normalized spacial score (nSPS) is 12.7. The first-order chi connectivity index (χ1) is 6.88. The predicted molar refractivity (Wildman–Crippen MR) is 63.4 cm³/mol. The van der Waals surface area contributed by atoms with E-state index in [0.717, 1.165) is 0 Å². The zero-order valence-electron chi connectivity index (χ0n) is 8.65. The highest BCUT2D eigenvalue weighted by Crippen LogP contribution is 2.27. The fourth-order valence-electron chi connectivity index (χ4n) is 1.25. The molecule has 78 valence electrons. The lowest BCUT2D eigenvalue weighted by Gasteiger charge is -2.13. The quantitative estimate of drug-likeness (QED) is 0.734. The molecule has 0 saturated heterocycles. The number of pyridine rings is 1. The van der Waals surface area contributed by atoms with Crippen LogP contribution in [0, 0.1) is 0 Å². The zero-order valence-corrected chi connectivity index (χ0v) is 9.46. The van der Waals surface area contributed by atoms with Gasteiger partial charge in [-0.2, -0.15) is 11.8 Å². The number of nitrogens with two attached hydrogens (primary N) is 1. The van der Waals surface area contributed by atoms with Gasteiger partial charge >= 0.3 is 0 Å². The molecule has 0 aromatic carbocycles. The summed E-state index contributed by atoms with van der Waals surface area (Å²) in [5.74, 6) is 1.20. The van der Waals surface area contributed by atoms with E-state index in [9.17, 15) is 0 Å². The first-order valence-electron chi connectivity index (χ1n) is 5.10. The SMILES string of the molecule is CCCCSC(CN)c1ccncc1. The van der Waals surface area contributed by atoms with Crippen molar-refractivity contribution in [3.63, 3.8) is 0 Å². The molecule has 0 fully saturated rings. The Kier molecular flexibility index (Phi) is 5.64. The van der Waals surface area contributed by atoms with Crippen molar-refractivity contribution in [1.82, 2.24) is 4.98 Å². The lowest BCUT2D eigenvalue weighted by molar-refractivity contribution is 0.882. The van der Waals surface area contributed by atoms with Crippen molar-refractivity contribution in [3.05, 3.63) is 30.1 Å². The number of thioether (sulfide) groups is 1. The van der Waals surface area contributed by atoms with Crippen LogP contribution in [0.1, 0.15) is 30.6 Å². The Labute approximate surface area is 90.3 Å². The first kappa shape index (κ1) is 11.5. The molecular formula is C11H18N2S. The number of unbranched alkanes of at least 4 members (excludes halogenated alkanes) is 1. The molecule has 0 bridgehead atoms. The number of nitrogens with zero attached hydrogens (tertiary/aromatic N) is 1. The first-order valence-corrected chi connectivity index (χ1v) is 6.15. The van der Waals surface area contributed by atoms with Gasteiger partial charge in [0.25, 0.3) is 0 Å². The Balaban J connectivity index is 2.46. The summed E-state index contributed by atoms with van der Waals surface area (Å²) in [6, 6.07) is 4.10. The van der Waals surface area contributed by atoms with E-state index in [2.05, 4.69) is 24.0 Å². The Morgan fingerprint density at radius 1 is 1.43 bits per heavy atom. The molecule has 0 aliphatic rings. The number of rotatable bonds is 6. The average molecular weight is 210 g/mol. The highest BCUT2D eigenvalue weighted by molar-refractivity contribution is 7.99. The van der Waals surface area contributed by atoms with Crippen molar-refractivity contribution in [1.29, 1.82) is 0 Å². The number of aromatic nitrogens is 1. The zero-order chi connectivity index (χ0) is 10.2. The molecule has 1 unspecified atom stereocenters. The van der Waals surface area contributed by atoms with E-state index in [0.29, 0.717) is 11.8 Å². The predicted octanol–water partition coefficient (Wildman–Crippen LogP) is 2.61. The van der Waals surface area contributed by atoms with Gasteiger partial charge < -0.3 is 5.73 Å². The van der Waals surface area contributed by atoms with Crippen LogP contribution in [0.4, 0.5) is 0 Å². The second kappa shape index (κ2) is 6.85. The summed E-state index contributed by atoms with van der Waals surface area (Å²) in [7, 11) is 0. The van der Waals surface area contributed by atoms with Gasteiger partial charge in [0.1, 0.15) is 0 Å². The van der Waals surface area contributed by atoms with Crippen molar-refractivity contribution in [2.45, 2.75) is 25.0 Å². The fourth-order valence-corrected chi connectivity index (χ4v) is 2.47. The lowest BCUT2D eigenvalue weighted by atomic mass is 10.2. The van der Waals surface area contributed by atoms with Gasteiger partial charge in [0, 0.05) is 24.2 Å². The fraction of sp³-hybridized carbons (Fsp3) is 0.545. The molecule has 2 N–H and O–H groups in total. The van der Waals surface area contributed by atoms with Crippen LogP contribution >= 0.6 is 11.8 Å². The maximum atomic E-state index is 5.75. The molecule has 1 aromatic rings. The van der Waals surface area contributed by atoms with Gasteiger partial charge in [-0.05, 0) is 29.9 Å². The minimum atomic E-state index is 0.435. The molecular weight excluding hydrogens is 192 g/mol. The van der Waals surface area contributed by atoms with Gasteiger partial charge in [-0.1, -0.05) is 13.3 Å². The van der Waals surface area contributed by atoms with Crippen LogP contribution in [-0.2, 0) is 0 Å². The topological polar surface area (TPSA) is 38.9 Å². The van der Waals surface area contributed by atoms with Crippen molar-refractivity contribution in [2.75, 3.05) is 12.3 Å². The van der Waals surface area contributed by atoms with E-state index in [-0.39, 0.29) is 0 Å². The summed E-state index contributed by atoms with van der Waals surface area (Å²) >= 11 is 1.95. The minimum Gasteiger partial charge on any atom is -0.329 e. The summed E-state index contributed by atoms with van der Waals surface area (Å²) in [5, 5.41) is 0.435. The highest BCUT2D eigenvalue weighted by atomic mass is 32.2. The van der Waals surface area contributed by atoms with Gasteiger partial charge in [-0.3, -0.25) is 4.98 Å². The molecule has 0 aliphatic heterocycles. The van der Waals surface area contributed by atoms with E-state index in [1.54, 1.807) is 0 Å². The van der Waals surface area contributed by atoms with Crippen molar-refractivity contribution < 1.29 is 0 Å². The molecule has 1 atom stereocenters. The molecule has 0 saturated carbocycles. The van der Waals surface area contributed by atoms with E-state index in [1.165, 1.54) is 24.2 Å². The van der Waals surface area contributed by atoms with Crippen LogP contribution in [-0.4, -0.2) is 17.3 Å². The van der Waals surface area contributed by atoms with Crippen LogP contribution < -0.4 is 5.73 Å². The van der Waals surface area contributed by atoms with Crippen molar-refractivity contribution >= 4 is 11.8 Å². The second-order valence-electron chi connectivity index (χ2n) is 3.23. The second-order valence-corrected chi connectivity index (χ2v) is 4.54. The Bertz CT molecular complexity index is 238. The van der Waals surface area contributed by atoms with Crippen LogP contribution in [0.2, 0.25) is 0 Å². The van der Waals surface area contributed by atoms with Crippen LogP contribution in [0.5, 0.6) is 0 Å². The minimum absolute atomic E-state index is 0.435. The third-order valence-corrected chi connectivity index (χ3v) is 3.50. The van der Waals surface area contributed by atoms with E-state index in [1.807, 2.05) is 24.2 Å². The third kappa shape index (κ3) is 3.68. The Hall–Kier alpha value is -0.540.